The summed E-state index contributed by atoms with van der Waals surface area (Å²) in [5, 5.41) is 14.4. The van der Waals surface area contributed by atoms with Crippen molar-refractivity contribution in [2.24, 2.45) is 16.1 Å². The lowest BCUT2D eigenvalue weighted by Crippen LogP contribution is -2.43. The molecule has 4 rings (SSSR count). The van der Waals surface area contributed by atoms with Gasteiger partial charge < -0.3 is 10.6 Å². The maximum absolute atomic E-state index is 12.7. The molecule has 7 heteroatoms. The summed E-state index contributed by atoms with van der Waals surface area (Å²) in [7, 11) is 0. The minimum Gasteiger partial charge on any atom is -0.339 e. The van der Waals surface area contributed by atoms with E-state index in [9.17, 15) is 9.59 Å². The second kappa shape index (κ2) is 9.22. The minimum absolute atomic E-state index is 0.151. The number of nitrogens with one attached hydrogen (secondary N) is 2. The molecule has 2 aliphatic heterocycles. The third-order valence-electron chi connectivity index (χ3n) is 5.42. The van der Waals surface area contributed by atoms with Crippen molar-refractivity contribution in [2.75, 3.05) is 11.9 Å². The normalized spacial score (nSPS) is 20.6. The molecule has 2 aromatic carbocycles. The summed E-state index contributed by atoms with van der Waals surface area (Å²) in [6.07, 6.45) is 4.84. The fraction of sp³-hybridized carbons (Fsp3) is 0.304. The molecule has 2 amide bonds. The van der Waals surface area contributed by atoms with E-state index in [-0.39, 0.29) is 23.4 Å². The Balaban J connectivity index is 1.37. The van der Waals surface area contributed by atoms with E-state index in [1.165, 1.54) is 5.56 Å². The first-order valence-corrected chi connectivity index (χ1v) is 10.5. The largest absolute Gasteiger partial charge is 0.339 e. The van der Waals surface area contributed by atoms with Crippen molar-refractivity contribution in [2.45, 2.75) is 31.7 Å². The van der Waals surface area contributed by atoms with Crippen LogP contribution < -0.4 is 10.6 Å². The van der Waals surface area contributed by atoms with Gasteiger partial charge in [-0.1, -0.05) is 48.0 Å². The zero-order chi connectivity index (χ0) is 20.9. The Labute approximate surface area is 180 Å². The monoisotopic (exact) mass is 422 g/mol. The predicted octanol–water partition coefficient (Wildman–Crippen LogP) is 4.31. The number of carbonyl (C=O) groups is 2. The van der Waals surface area contributed by atoms with Crippen LogP contribution in [-0.4, -0.2) is 24.4 Å². The smallest absolute Gasteiger partial charge is 0.272 e. The second-order valence-corrected chi connectivity index (χ2v) is 8.05. The van der Waals surface area contributed by atoms with Gasteiger partial charge in [0, 0.05) is 16.6 Å². The van der Waals surface area contributed by atoms with Gasteiger partial charge in [-0.25, -0.2) is 0 Å². The fourth-order valence-corrected chi connectivity index (χ4v) is 3.90. The molecule has 0 saturated heterocycles. The number of nitrogens with zero attached hydrogens (tertiary/aromatic N) is 2. The number of azo groups is 1. The summed E-state index contributed by atoms with van der Waals surface area (Å²) < 4.78 is 0. The van der Waals surface area contributed by atoms with E-state index in [0.29, 0.717) is 30.1 Å². The molecule has 154 valence electrons. The first-order valence-electron chi connectivity index (χ1n) is 10.1. The zero-order valence-electron chi connectivity index (χ0n) is 16.5. The SMILES string of the molecule is O=C(NC1CCc2ccc(Cl)cc2NC1=O)C1=CC(CCc2ccccc2)CN=N1. The third-order valence-corrected chi connectivity index (χ3v) is 5.66. The van der Waals surface area contributed by atoms with Crippen molar-refractivity contribution >= 4 is 29.1 Å². The van der Waals surface area contributed by atoms with Crippen molar-refractivity contribution in [1.82, 2.24) is 5.32 Å². The van der Waals surface area contributed by atoms with Gasteiger partial charge in [-0.3, -0.25) is 9.59 Å². The number of benzene rings is 2. The fourth-order valence-electron chi connectivity index (χ4n) is 3.73. The molecule has 6 nitrogen and oxygen atoms in total. The molecular weight excluding hydrogens is 400 g/mol. The van der Waals surface area contributed by atoms with Crippen LogP contribution in [0.2, 0.25) is 5.02 Å². The lowest BCUT2D eigenvalue weighted by molar-refractivity contribution is -0.124. The summed E-state index contributed by atoms with van der Waals surface area (Å²) in [6.45, 7) is 0.573. The number of fused-ring (bicyclic) bond motifs is 1. The highest BCUT2D eigenvalue weighted by molar-refractivity contribution is 6.31. The Morgan fingerprint density at radius 3 is 2.87 bits per heavy atom. The number of hydrogen-bond acceptors (Lipinski definition) is 4. The molecule has 0 bridgehead atoms. The molecule has 2 atom stereocenters. The van der Waals surface area contributed by atoms with Crippen LogP contribution in [0.3, 0.4) is 0 Å². The molecule has 0 radical (unpaired) electrons. The van der Waals surface area contributed by atoms with Crippen LogP contribution in [0.5, 0.6) is 0 Å². The Kier molecular flexibility index (Phi) is 6.23. The van der Waals surface area contributed by atoms with E-state index in [4.69, 9.17) is 11.6 Å². The highest BCUT2D eigenvalue weighted by Crippen LogP contribution is 2.26. The molecule has 2 unspecified atom stereocenters. The van der Waals surface area contributed by atoms with Gasteiger partial charge in [-0.15, -0.1) is 0 Å². The molecule has 0 saturated carbocycles. The van der Waals surface area contributed by atoms with E-state index >= 15 is 0 Å². The van der Waals surface area contributed by atoms with E-state index < -0.39 is 6.04 Å². The van der Waals surface area contributed by atoms with Crippen LogP contribution in [0.4, 0.5) is 5.69 Å². The molecule has 0 fully saturated rings. The highest BCUT2D eigenvalue weighted by atomic mass is 35.5. The van der Waals surface area contributed by atoms with Crippen LogP contribution in [-0.2, 0) is 22.4 Å². The Morgan fingerprint density at radius 2 is 2.03 bits per heavy atom. The quantitative estimate of drug-likeness (QED) is 0.752. The Hall–Kier alpha value is -2.99. The molecule has 2 aromatic rings. The van der Waals surface area contributed by atoms with Gasteiger partial charge in [0.1, 0.15) is 11.7 Å². The third kappa shape index (κ3) is 4.94. The average molecular weight is 423 g/mol. The van der Waals surface area contributed by atoms with Gasteiger partial charge in [0.15, 0.2) is 0 Å². The van der Waals surface area contributed by atoms with Gasteiger partial charge in [-0.05, 0) is 55.0 Å². The van der Waals surface area contributed by atoms with E-state index in [1.807, 2.05) is 30.3 Å². The summed E-state index contributed by atoms with van der Waals surface area (Å²) in [5.74, 6) is -0.469. The number of halogens is 1. The number of rotatable bonds is 5. The number of aryl methyl sites for hydroxylation is 2. The predicted molar refractivity (Wildman–Crippen MR) is 116 cm³/mol. The van der Waals surface area contributed by atoms with Crippen molar-refractivity contribution in [1.29, 1.82) is 0 Å². The van der Waals surface area contributed by atoms with Crippen molar-refractivity contribution in [3.8, 4) is 0 Å². The molecule has 2 heterocycles. The summed E-state index contributed by atoms with van der Waals surface area (Å²) in [6, 6.07) is 15.0. The van der Waals surface area contributed by atoms with Crippen molar-refractivity contribution < 1.29 is 9.59 Å². The van der Waals surface area contributed by atoms with E-state index in [1.54, 1.807) is 12.1 Å². The first-order chi connectivity index (χ1) is 14.6. The summed E-state index contributed by atoms with van der Waals surface area (Å²) in [5.41, 5.74) is 3.23. The molecule has 0 aromatic heterocycles. The molecule has 0 spiro atoms. The lowest BCUT2D eigenvalue weighted by atomic mass is 9.97. The maximum atomic E-state index is 12.7. The van der Waals surface area contributed by atoms with Gasteiger partial charge >= 0.3 is 0 Å². The number of carbonyl (C=O) groups excluding carboxylic acids is 2. The standard InChI is InChI=1S/C23H23ClN4O2/c24-18-10-8-17-9-11-19(22(29)27-20(17)13-18)26-23(30)21-12-16(14-25-28-21)7-6-15-4-2-1-3-5-15/h1-5,8,10,12-13,16,19H,6-7,9,11,14H2,(H,26,30)(H,27,29). The van der Waals surface area contributed by atoms with Gasteiger partial charge in [0.05, 0.1) is 6.54 Å². The van der Waals surface area contributed by atoms with Crippen molar-refractivity contribution in [3.63, 3.8) is 0 Å². The topological polar surface area (TPSA) is 82.9 Å². The molecule has 2 aliphatic rings. The summed E-state index contributed by atoms with van der Waals surface area (Å²) in [4.78, 5) is 25.3. The summed E-state index contributed by atoms with van der Waals surface area (Å²) >= 11 is 6.03. The molecular formula is C23H23ClN4O2. The highest BCUT2D eigenvalue weighted by Gasteiger charge is 2.27. The van der Waals surface area contributed by atoms with Crippen molar-refractivity contribution in [3.05, 3.63) is 76.5 Å². The minimum atomic E-state index is -0.635. The average Bonchev–Trinajstić information content (AvgIpc) is 2.91. The lowest BCUT2D eigenvalue weighted by Gasteiger charge is -2.18. The second-order valence-electron chi connectivity index (χ2n) is 7.62. The number of hydrogen-bond donors (Lipinski definition) is 2. The molecule has 30 heavy (non-hydrogen) atoms. The number of amides is 2. The van der Waals surface area contributed by atoms with E-state index in [0.717, 1.165) is 18.4 Å². The van der Waals surface area contributed by atoms with Crippen LogP contribution >= 0.6 is 11.6 Å². The van der Waals surface area contributed by atoms with Gasteiger partial charge in [0.25, 0.3) is 5.91 Å². The Morgan fingerprint density at radius 1 is 1.20 bits per heavy atom. The van der Waals surface area contributed by atoms with Crippen LogP contribution in [0.15, 0.2) is 70.5 Å². The van der Waals surface area contributed by atoms with Crippen LogP contribution in [0.1, 0.15) is 24.0 Å². The Bertz CT molecular complexity index is 1000. The maximum Gasteiger partial charge on any atom is 0.272 e. The first kappa shape index (κ1) is 20.3. The van der Waals surface area contributed by atoms with E-state index in [2.05, 4.69) is 33.0 Å². The van der Waals surface area contributed by atoms with Crippen LogP contribution in [0, 0.1) is 5.92 Å². The number of anilines is 1. The van der Waals surface area contributed by atoms with Gasteiger partial charge in [0.2, 0.25) is 5.91 Å². The van der Waals surface area contributed by atoms with Crippen LogP contribution in [0.25, 0.3) is 0 Å². The zero-order valence-corrected chi connectivity index (χ0v) is 17.2. The molecule has 2 N–H and O–H groups in total. The molecule has 0 aliphatic carbocycles. The van der Waals surface area contributed by atoms with Gasteiger partial charge in [-0.2, -0.15) is 10.2 Å².